The van der Waals surface area contributed by atoms with Gasteiger partial charge < -0.3 is 24.3 Å². The minimum absolute atomic E-state index is 0.0545. The summed E-state index contributed by atoms with van der Waals surface area (Å²) in [6, 6.07) is 5.72. The molecular weight excluding hydrogens is 575 g/mol. The molecule has 0 saturated carbocycles. The molecule has 4 aliphatic rings. The SMILES string of the molecule is C=CC(=O)N1CCN2C(=O)c3c(N4CC(N5CCN(C)CC5=O)CC4(C)C)nc(-c4ccccc4F)c(Cl)c3OC[C@H]2C1. The highest BCUT2D eigenvalue weighted by Gasteiger charge is 2.47. The Morgan fingerprint density at radius 2 is 1.86 bits per heavy atom. The number of halogens is 2. The summed E-state index contributed by atoms with van der Waals surface area (Å²) in [6.45, 7) is 11.0. The first-order valence-electron chi connectivity index (χ1n) is 14.6. The van der Waals surface area contributed by atoms with E-state index in [1.807, 2.05) is 21.7 Å². The first-order chi connectivity index (χ1) is 20.5. The van der Waals surface area contributed by atoms with E-state index in [9.17, 15) is 14.4 Å². The lowest BCUT2D eigenvalue weighted by Gasteiger charge is -2.40. The number of anilines is 1. The number of ether oxygens (including phenoxy) is 1. The smallest absolute Gasteiger partial charge is 0.261 e. The second kappa shape index (κ2) is 11.1. The highest BCUT2D eigenvalue weighted by atomic mass is 35.5. The minimum Gasteiger partial charge on any atom is -0.489 e. The van der Waals surface area contributed by atoms with Crippen molar-refractivity contribution < 1.29 is 23.5 Å². The Kier molecular flexibility index (Phi) is 7.58. The van der Waals surface area contributed by atoms with Gasteiger partial charge in [0.2, 0.25) is 11.8 Å². The molecule has 1 aromatic heterocycles. The maximum Gasteiger partial charge on any atom is 0.261 e. The van der Waals surface area contributed by atoms with Gasteiger partial charge in [0.1, 0.15) is 28.8 Å². The van der Waals surface area contributed by atoms with Crippen molar-refractivity contribution in [3.63, 3.8) is 0 Å². The topological polar surface area (TPSA) is 89.5 Å². The molecule has 3 saturated heterocycles. The molecule has 4 aliphatic heterocycles. The number of pyridine rings is 1. The quantitative estimate of drug-likeness (QED) is 0.492. The third-order valence-corrected chi connectivity index (χ3v) is 9.42. The van der Waals surface area contributed by atoms with Gasteiger partial charge in [-0.1, -0.05) is 30.3 Å². The average Bonchev–Trinajstić information content (AvgIpc) is 3.21. The Morgan fingerprint density at radius 3 is 2.58 bits per heavy atom. The van der Waals surface area contributed by atoms with E-state index in [2.05, 4.69) is 20.4 Å². The number of fused-ring (bicyclic) bond motifs is 2. The van der Waals surface area contributed by atoms with Gasteiger partial charge in [-0.2, -0.15) is 0 Å². The number of aromatic nitrogens is 1. The zero-order chi connectivity index (χ0) is 30.6. The number of likely N-dealkylation sites (N-methyl/N-ethyl adjacent to an activating group) is 1. The van der Waals surface area contributed by atoms with E-state index >= 15 is 4.39 Å². The first-order valence-corrected chi connectivity index (χ1v) is 15.0. The molecule has 1 unspecified atom stereocenters. The van der Waals surface area contributed by atoms with E-state index in [1.54, 1.807) is 28.0 Å². The summed E-state index contributed by atoms with van der Waals surface area (Å²) in [5.41, 5.74) is 0.0884. The van der Waals surface area contributed by atoms with Gasteiger partial charge >= 0.3 is 0 Å². The Balaban J connectivity index is 1.46. The lowest BCUT2D eigenvalue weighted by atomic mass is 9.98. The van der Waals surface area contributed by atoms with E-state index in [0.29, 0.717) is 45.0 Å². The normalized spacial score (nSPS) is 23.9. The number of piperazine rings is 2. The molecule has 0 radical (unpaired) electrons. The predicted octanol–water partition coefficient (Wildman–Crippen LogP) is 2.90. The number of amides is 3. The molecule has 1 aromatic carbocycles. The van der Waals surface area contributed by atoms with Crippen molar-refractivity contribution in [2.24, 2.45) is 0 Å². The van der Waals surface area contributed by atoms with Crippen molar-refractivity contribution in [2.75, 3.05) is 64.4 Å². The summed E-state index contributed by atoms with van der Waals surface area (Å²) in [5, 5.41) is 0.0545. The van der Waals surface area contributed by atoms with Crippen molar-refractivity contribution in [3.8, 4) is 17.0 Å². The molecule has 12 heteroatoms. The lowest BCUT2D eigenvalue weighted by molar-refractivity contribution is -0.137. The molecule has 2 aromatic rings. The predicted molar refractivity (Wildman–Crippen MR) is 161 cm³/mol. The second-order valence-corrected chi connectivity index (χ2v) is 12.7. The van der Waals surface area contributed by atoms with Crippen LogP contribution in [-0.4, -0.2) is 119 Å². The van der Waals surface area contributed by atoms with Crippen LogP contribution in [0.2, 0.25) is 5.02 Å². The Bertz CT molecular complexity index is 1500. The maximum atomic E-state index is 15.2. The van der Waals surface area contributed by atoms with Gasteiger partial charge in [0, 0.05) is 50.4 Å². The van der Waals surface area contributed by atoms with Gasteiger partial charge in [0.15, 0.2) is 5.75 Å². The van der Waals surface area contributed by atoms with Crippen molar-refractivity contribution >= 4 is 35.1 Å². The molecule has 0 bridgehead atoms. The minimum atomic E-state index is -0.504. The largest absolute Gasteiger partial charge is 0.489 e. The number of nitrogens with zero attached hydrogens (tertiary/aromatic N) is 6. The van der Waals surface area contributed by atoms with Crippen molar-refractivity contribution in [1.82, 2.24) is 24.6 Å². The van der Waals surface area contributed by atoms with Crippen LogP contribution in [0.4, 0.5) is 10.2 Å². The molecule has 3 fully saturated rings. The summed E-state index contributed by atoms with van der Waals surface area (Å²) in [4.78, 5) is 54.1. The van der Waals surface area contributed by atoms with Gasteiger partial charge in [-0.05, 0) is 45.5 Å². The second-order valence-electron chi connectivity index (χ2n) is 12.3. The molecule has 0 aliphatic carbocycles. The van der Waals surface area contributed by atoms with Gasteiger partial charge in [-0.15, -0.1) is 0 Å². The zero-order valence-electron chi connectivity index (χ0n) is 24.7. The molecular formula is C31H36ClFN6O4. The third-order valence-electron chi connectivity index (χ3n) is 9.07. The van der Waals surface area contributed by atoms with Gasteiger partial charge in [-0.25, -0.2) is 9.37 Å². The fourth-order valence-electron chi connectivity index (χ4n) is 6.78. The standard InChI is InChI=1S/C31H36ClFN6O4/c1-5-23(40)36-11-13-38-20(15-36)18-43-28-25(30(38)42)29(34-27(26(28)32)21-8-6-7-9-22(21)33)39-16-19(14-31(39,2)3)37-12-10-35(4)17-24(37)41/h5-9,19-20H,1,10-18H2,2-4H3/t19?,20-/m1/s1. The average molecular weight is 611 g/mol. The summed E-state index contributed by atoms with van der Waals surface area (Å²) in [7, 11) is 1.93. The molecule has 0 N–H and O–H groups in total. The third kappa shape index (κ3) is 5.12. The van der Waals surface area contributed by atoms with E-state index < -0.39 is 17.4 Å². The van der Waals surface area contributed by atoms with Gasteiger partial charge in [0.25, 0.3) is 5.91 Å². The fourth-order valence-corrected chi connectivity index (χ4v) is 7.08. The highest BCUT2D eigenvalue weighted by Crippen LogP contribution is 2.47. The van der Waals surface area contributed by atoms with E-state index in [0.717, 1.165) is 6.54 Å². The number of carbonyl (C=O) groups excluding carboxylic acids is 3. The monoisotopic (exact) mass is 610 g/mol. The van der Waals surface area contributed by atoms with E-state index in [1.165, 1.54) is 12.1 Å². The van der Waals surface area contributed by atoms with Gasteiger partial charge in [0.05, 0.1) is 24.3 Å². The van der Waals surface area contributed by atoms with Crippen LogP contribution in [0.25, 0.3) is 11.3 Å². The van der Waals surface area contributed by atoms with Gasteiger partial charge in [-0.3, -0.25) is 19.3 Å². The van der Waals surface area contributed by atoms with E-state index in [4.69, 9.17) is 21.3 Å². The molecule has 2 atom stereocenters. The number of rotatable bonds is 4. The molecule has 228 valence electrons. The Hall–Kier alpha value is -3.70. The first kappa shape index (κ1) is 29.4. The molecule has 10 nitrogen and oxygen atoms in total. The molecule has 3 amide bonds. The molecule has 6 rings (SSSR count). The lowest BCUT2D eigenvalue weighted by Crippen LogP contribution is -2.57. The van der Waals surface area contributed by atoms with Crippen LogP contribution >= 0.6 is 11.6 Å². The van der Waals surface area contributed by atoms with Crippen LogP contribution in [0.5, 0.6) is 5.75 Å². The zero-order valence-corrected chi connectivity index (χ0v) is 25.4. The van der Waals surface area contributed by atoms with Crippen molar-refractivity contribution in [3.05, 3.63) is 53.3 Å². The maximum absolute atomic E-state index is 15.2. The number of benzene rings is 1. The van der Waals surface area contributed by atoms with Crippen LogP contribution in [0.3, 0.4) is 0 Å². The number of hydrogen-bond acceptors (Lipinski definition) is 7. The Morgan fingerprint density at radius 1 is 1.12 bits per heavy atom. The van der Waals surface area contributed by atoms with Crippen LogP contribution in [0.1, 0.15) is 30.6 Å². The fraction of sp³-hybridized carbons (Fsp3) is 0.484. The molecule has 43 heavy (non-hydrogen) atoms. The van der Waals surface area contributed by atoms with Crippen LogP contribution in [0, 0.1) is 5.82 Å². The van der Waals surface area contributed by atoms with E-state index in [-0.39, 0.29) is 64.5 Å². The highest BCUT2D eigenvalue weighted by molar-refractivity contribution is 6.35. The van der Waals surface area contributed by atoms with Crippen LogP contribution < -0.4 is 9.64 Å². The Labute approximate surface area is 255 Å². The van der Waals surface area contributed by atoms with Crippen molar-refractivity contribution in [2.45, 2.75) is 37.9 Å². The summed E-state index contributed by atoms with van der Waals surface area (Å²) in [6.07, 6.45) is 1.93. The van der Waals surface area contributed by atoms with Crippen LogP contribution in [0.15, 0.2) is 36.9 Å². The number of hydrogen-bond donors (Lipinski definition) is 0. The summed E-state index contributed by atoms with van der Waals surface area (Å²) < 4.78 is 21.5. The number of carbonyl (C=O) groups is 3. The van der Waals surface area contributed by atoms with Crippen LogP contribution in [-0.2, 0) is 9.59 Å². The summed E-state index contributed by atoms with van der Waals surface area (Å²) >= 11 is 6.92. The summed E-state index contributed by atoms with van der Waals surface area (Å²) in [5.74, 6) is -0.439. The molecule has 5 heterocycles. The molecule has 0 spiro atoms. The van der Waals surface area contributed by atoms with Crippen molar-refractivity contribution in [1.29, 1.82) is 0 Å².